The molecular formula is C8H14N4O2. The Bertz CT molecular complexity index is 306. The molecule has 0 spiro atoms. The third-order valence-electron chi connectivity index (χ3n) is 2.63. The molecule has 0 unspecified atom stereocenters. The number of aromatic nitrogens is 2. The molecule has 1 aromatic heterocycles. The lowest BCUT2D eigenvalue weighted by atomic mass is 9.92. The van der Waals surface area contributed by atoms with E-state index >= 15 is 0 Å². The van der Waals surface area contributed by atoms with Gasteiger partial charge in [0.15, 0.2) is 0 Å². The van der Waals surface area contributed by atoms with Gasteiger partial charge in [-0.05, 0) is 31.1 Å². The van der Waals surface area contributed by atoms with Crippen molar-refractivity contribution in [1.29, 1.82) is 0 Å². The quantitative estimate of drug-likeness (QED) is 0.688. The average Bonchev–Trinajstić information content (AvgIpc) is 2.66. The van der Waals surface area contributed by atoms with Crippen LogP contribution in [0.1, 0.15) is 18.7 Å². The number of piperidine rings is 1. The molecule has 0 amide bonds. The molecule has 1 aromatic rings. The van der Waals surface area contributed by atoms with E-state index in [9.17, 15) is 0 Å². The molecule has 0 saturated carbocycles. The molecule has 1 saturated heterocycles. The first-order valence-electron chi connectivity index (χ1n) is 4.62. The van der Waals surface area contributed by atoms with Crippen molar-refractivity contribution in [2.45, 2.75) is 18.4 Å². The molecule has 2 rings (SSSR count). The van der Waals surface area contributed by atoms with Gasteiger partial charge in [-0.15, -0.1) is 0 Å². The molecule has 1 fully saturated rings. The van der Waals surface area contributed by atoms with Gasteiger partial charge in [-0.25, -0.2) is 0 Å². The standard InChI is InChI=1S/C8H14N4O2/c1-13-8(2-4-10-5-3-8)6-11-7(9)12-14-6/h10H,2-5H2,1H3,(H2,9,12). The third kappa shape index (κ3) is 1.46. The highest BCUT2D eigenvalue weighted by Gasteiger charge is 2.39. The zero-order chi connectivity index (χ0) is 10.0. The van der Waals surface area contributed by atoms with E-state index < -0.39 is 5.60 Å². The van der Waals surface area contributed by atoms with Crippen molar-refractivity contribution in [2.75, 3.05) is 25.9 Å². The number of hydrogen-bond donors (Lipinski definition) is 2. The van der Waals surface area contributed by atoms with Crippen LogP contribution in [-0.4, -0.2) is 30.3 Å². The van der Waals surface area contributed by atoms with Crippen LogP contribution < -0.4 is 11.1 Å². The van der Waals surface area contributed by atoms with Crippen molar-refractivity contribution >= 4 is 5.95 Å². The zero-order valence-corrected chi connectivity index (χ0v) is 8.12. The predicted octanol–water partition coefficient (Wildman–Crippen LogP) is -0.123. The van der Waals surface area contributed by atoms with E-state index in [0.29, 0.717) is 5.89 Å². The molecule has 0 aliphatic carbocycles. The molecular weight excluding hydrogens is 184 g/mol. The maximum absolute atomic E-state index is 5.49. The van der Waals surface area contributed by atoms with Crippen molar-refractivity contribution in [3.05, 3.63) is 5.89 Å². The summed E-state index contributed by atoms with van der Waals surface area (Å²) in [7, 11) is 1.66. The van der Waals surface area contributed by atoms with Gasteiger partial charge in [0.1, 0.15) is 5.60 Å². The number of ether oxygens (including phenoxy) is 1. The second-order valence-electron chi connectivity index (χ2n) is 3.41. The molecule has 78 valence electrons. The summed E-state index contributed by atoms with van der Waals surface area (Å²) in [6.45, 7) is 1.77. The highest BCUT2D eigenvalue weighted by atomic mass is 16.5. The molecule has 1 aliphatic rings. The first-order valence-corrected chi connectivity index (χ1v) is 4.62. The zero-order valence-electron chi connectivity index (χ0n) is 8.12. The van der Waals surface area contributed by atoms with Gasteiger partial charge in [0.25, 0.3) is 11.8 Å². The Morgan fingerprint density at radius 2 is 2.21 bits per heavy atom. The van der Waals surface area contributed by atoms with E-state index in [1.54, 1.807) is 7.11 Å². The maximum Gasteiger partial charge on any atom is 0.260 e. The second kappa shape index (κ2) is 3.55. The van der Waals surface area contributed by atoms with Crippen molar-refractivity contribution < 1.29 is 9.26 Å². The number of nitrogen functional groups attached to an aromatic ring is 1. The molecule has 14 heavy (non-hydrogen) atoms. The number of nitrogens with zero attached hydrogens (tertiary/aromatic N) is 2. The van der Waals surface area contributed by atoms with Crippen LogP contribution >= 0.6 is 0 Å². The number of rotatable bonds is 2. The van der Waals surface area contributed by atoms with Crippen LogP contribution in [-0.2, 0) is 10.3 Å². The van der Waals surface area contributed by atoms with Gasteiger partial charge in [0, 0.05) is 7.11 Å². The molecule has 1 aliphatic heterocycles. The Hall–Kier alpha value is -1.14. The minimum atomic E-state index is -0.449. The van der Waals surface area contributed by atoms with Gasteiger partial charge in [-0.2, -0.15) is 4.98 Å². The fourth-order valence-corrected chi connectivity index (χ4v) is 1.76. The van der Waals surface area contributed by atoms with Crippen molar-refractivity contribution in [3.63, 3.8) is 0 Å². The van der Waals surface area contributed by atoms with Crippen LogP contribution in [0, 0.1) is 0 Å². The summed E-state index contributed by atoms with van der Waals surface area (Å²) in [5.74, 6) is 0.647. The Labute approximate surface area is 81.8 Å². The smallest absolute Gasteiger partial charge is 0.260 e. The molecule has 0 aromatic carbocycles. The highest BCUT2D eigenvalue weighted by Crippen LogP contribution is 2.32. The van der Waals surface area contributed by atoms with E-state index in [-0.39, 0.29) is 5.95 Å². The lowest BCUT2D eigenvalue weighted by Crippen LogP contribution is -2.41. The van der Waals surface area contributed by atoms with Gasteiger partial charge < -0.3 is 20.3 Å². The second-order valence-corrected chi connectivity index (χ2v) is 3.41. The fraction of sp³-hybridized carbons (Fsp3) is 0.750. The number of anilines is 1. The van der Waals surface area contributed by atoms with E-state index in [2.05, 4.69) is 15.5 Å². The summed E-state index contributed by atoms with van der Waals surface area (Å²) in [6.07, 6.45) is 1.65. The normalized spacial score (nSPS) is 20.9. The largest absolute Gasteiger partial charge is 0.368 e. The summed E-state index contributed by atoms with van der Waals surface area (Å²) in [5.41, 5.74) is 4.96. The van der Waals surface area contributed by atoms with Crippen LogP contribution in [0.3, 0.4) is 0 Å². The minimum Gasteiger partial charge on any atom is -0.368 e. The Balaban J connectivity index is 2.26. The summed E-state index contributed by atoms with van der Waals surface area (Å²) in [6, 6.07) is 0. The lowest BCUT2D eigenvalue weighted by Gasteiger charge is -2.32. The SMILES string of the molecule is COC1(c2nc(N)no2)CCNCC1. The van der Waals surface area contributed by atoms with E-state index in [0.717, 1.165) is 25.9 Å². The summed E-state index contributed by atoms with van der Waals surface area (Å²) < 4.78 is 10.5. The monoisotopic (exact) mass is 198 g/mol. The van der Waals surface area contributed by atoms with Gasteiger partial charge in [-0.1, -0.05) is 0 Å². The molecule has 0 radical (unpaired) electrons. The first kappa shape index (κ1) is 9.42. The van der Waals surface area contributed by atoms with Crippen molar-refractivity contribution in [3.8, 4) is 0 Å². The minimum absolute atomic E-state index is 0.162. The molecule has 0 bridgehead atoms. The van der Waals surface area contributed by atoms with Crippen LogP contribution in [0.5, 0.6) is 0 Å². The van der Waals surface area contributed by atoms with Gasteiger partial charge in [0.05, 0.1) is 0 Å². The van der Waals surface area contributed by atoms with Crippen LogP contribution in [0.15, 0.2) is 4.52 Å². The molecule has 6 heteroatoms. The third-order valence-corrected chi connectivity index (χ3v) is 2.63. The number of hydrogen-bond acceptors (Lipinski definition) is 6. The van der Waals surface area contributed by atoms with E-state index in [1.165, 1.54) is 0 Å². The first-order chi connectivity index (χ1) is 6.77. The van der Waals surface area contributed by atoms with Crippen molar-refractivity contribution in [2.24, 2.45) is 0 Å². The molecule has 0 atom stereocenters. The summed E-state index contributed by atoms with van der Waals surface area (Å²) in [4.78, 5) is 4.02. The fourth-order valence-electron chi connectivity index (χ4n) is 1.76. The predicted molar refractivity (Wildman–Crippen MR) is 49.5 cm³/mol. The topological polar surface area (TPSA) is 86.2 Å². The lowest BCUT2D eigenvalue weighted by molar-refractivity contribution is -0.0622. The Morgan fingerprint density at radius 1 is 1.50 bits per heavy atom. The molecule has 3 N–H and O–H groups in total. The van der Waals surface area contributed by atoms with Crippen LogP contribution in [0.2, 0.25) is 0 Å². The number of nitrogens with one attached hydrogen (secondary N) is 1. The van der Waals surface area contributed by atoms with Gasteiger partial charge >= 0.3 is 0 Å². The van der Waals surface area contributed by atoms with Crippen LogP contribution in [0.25, 0.3) is 0 Å². The highest BCUT2D eigenvalue weighted by molar-refractivity contribution is 5.14. The van der Waals surface area contributed by atoms with Gasteiger partial charge in [-0.3, -0.25) is 0 Å². The average molecular weight is 198 g/mol. The molecule has 2 heterocycles. The number of nitrogens with two attached hydrogens (primary N) is 1. The van der Waals surface area contributed by atoms with Gasteiger partial charge in [0.2, 0.25) is 0 Å². The molecule has 6 nitrogen and oxygen atoms in total. The van der Waals surface area contributed by atoms with Crippen LogP contribution in [0.4, 0.5) is 5.95 Å². The van der Waals surface area contributed by atoms with E-state index in [1.807, 2.05) is 0 Å². The maximum atomic E-state index is 5.49. The van der Waals surface area contributed by atoms with E-state index in [4.69, 9.17) is 15.0 Å². The summed E-state index contributed by atoms with van der Waals surface area (Å²) >= 11 is 0. The summed E-state index contributed by atoms with van der Waals surface area (Å²) in [5, 5.41) is 6.83. The van der Waals surface area contributed by atoms with Crippen molar-refractivity contribution in [1.82, 2.24) is 15.5 Å². The Morgan fingerprint density at radius 3 is 2.71 bits per heavy atom. The number of methoxy groups -OCH3 is 1. The Kier molecular flexibility index (Phi) is 2.39.